The van der Waals surface area contributed by atoms with Crippen LogP contribution in [0, 0.1) is 12.7 Å². The fourth-order valence-corrected chi connectivity index (χ4v) is 2.84. The number of hydrogen-bond donors (Lipinski definition) is 1. The second-order valence-electron chi connectivity index (χ2n) is 4.35. The minimum atomic E-state index is -3.49. The van der Waals surface area contributed by atoms with Crippen molar-refractivity contribution in [2.45, 2.75) is 12.7 Å². The molecule has 0 unspecified atom stereocenters. The summed E-state index contributed by atoms with van der Waals surface area (Å²) in [6.45, 7) is 1.93. The zero-order chi connectivity index (χ0) is 13.9. The maximum absolute atomic E-state index is 12.7. The van der Waals surface area contributed by atoms with Crippen molar-refractivity contribution in [2.75, 3.05) is 4.72 Å². The molecule has 1 N–H and O–H groups in total. The van der Waals surface area contributed by atoms with Crippen LogP contribution in [0.2, 0.25) is 0 Å². The molecule has 2 rings (SSSR count). The number of hydrogen-bond acceptors (Lipinski definition) is 2. The van der Waals surface area contributed by atoms with E-state index in [1.807, 2.05) is 19.1 Å². The Bertz CT molecular complexity index is 595. The minimum Gasteiger partial charge on any atom is -0.283 e. The van der Waals surface area contributed by atoms with Crippen molar-refractivity contribution in [3.8, 4) is 0 Å². The summed E-state index contributed by atoms with van der Waals surface area (Å²) in [7, 11) is -3.49. The van der Waals surface area contributed by atoms with Gasteiger partial charge in [-0.1, -0.05) is 29.8 Å². The van der Waals surface area contributed by atoms with Gasteiger partial charge in [-0.15, -0.1) is 0 Å². The lowest BCUT2D eigenvalue weighted by atomic mass is 10.2. The van der Waals surface area contributed by atoms with Crippen LogP contribution in [0.5, 0.6) is 0 Å². The normalized spacial score (nSPS) is 11.3. The molecule has 0 saturated carbocycles. The van der Waals surface area contributed by atoms with E-state index in [2.05, 4.69) is 4.72 Å². The summed E-state index contributed by atoms with van der Waals surface area (Å²) in [4.78, 5) is 0. The van der Waals surface area contributed by atoms with Crippen molar-refractivity contribution < 1.29 is 12.8 Å². The quantitative estimate of drug-likeness (QED) is 0.935. The Balaban J connectivity index is 2.10. The van der Waals surface area contributed by atoms with Crippen LogP contribution < -0.4 is 4.72 Å². The van der Waals surface area contributed by atoms with Crippen molar-refractivity contribution in [3.63, 3.8) is 0 Å². The molecule has 0 aliphatic carbocycles. The number of sulfonamides is 1. The summed E-state index contributed by atoms with van der Waals surface area (Å²) >= 11 is 0. The van der Waals surface area contributed by atoms with E-state index in [4.69, 9.17) is 0 Å². The van der Waals surface area contributed by atoms with E-state index in [0.29, 0.717) is 11.3 Å². The first-order valence-electron chi connectivity index (χ1n) is 5.76. The molecule has 19 heavy (non-hydrogen) atoms. The molecule has 0 aliphatic heterocycles. The van der Waals surface area contributed by atoms with Crippen molar-refractivity contribution >= 4 is 15.7 Å². The lowest BCUT2D eigenvalue weighted by Gasteiger charge is -2.08. The molecule has 0 spiro atoms. The molecule has 0 amide bonds. The molecular formula is C14H14FNO2S. The smallest absolute Gasteiger partial charge is 0.236 e. The van der Waals surface area contributed by atoms with Gasteiger partial charge in [0.15, 0.2) is 0 Å². The second-order valence-corrected chi connectivity index (χ2v) is 6.08. The van der Waals surface area contributed by atoms with Gasteiger partial charge in [-0.05, 0) is 36.8 Å². The summed E-state index contributed by atoms with van der Waals surface area (Å²) in [6.07, 6.45) is 0. The van der Waals surface area contributed by atoms with Gasteiger partial charge in [0.1, 0.15) is 5.82 Å². The first kappa shape index (κ1) is 13.5. The number of rotatable bonds is 4. The van der Waals surface area contributed by atoms with Crippen LogP contribution in [-0.2, 0) is 15.8 Å². The topological polar surface area (TPSA) is 46.2 Å². The van der Waals surface area contributed by atoms with Gasteiger partial charge in [0.2, 0.25) is 10.0 Å². The number of benzene rings is 2. The van der Waals surface area contributed by atoms with E-state index in [1.54, 1.807) is 12.1 Å². The average molecular weight is 279 g/mol. The Morgan fingerprint density at radius 1 is 1.00 bits per heavy atom. The predicted octanol–water partition coefficient (Wildman–Crippen LogP) is 3.08. The van der Waals surface area contributed by atoms with Crippen molar-refractivity contribution in [1.29, 1.82) is 0 Å². The minimum absolute atomic E-state index is 0.179. The number of anilines is 1. The highest BCUT2D eigenvalue weighted by atomic mass is 32.2. The SMILES string of the molecule is Cc1ccc(NS(=O)(=O)Cc2ccc(F)cc2)cc1. The Labute approximate surface area is 112 Å². The summed E-state index contributed by atoms with van der Waals surface area (Å²) in [5.41, 5.74) is 2.12. The zero-order valence-electron chi connectivity index (χ0n) is 10.4. The predicted molar refractivity (Wildman–Crippen MR) is 73.8 cm³/mol. The number of aryl methyl sites for hydroxylation is 1. The van der Waals surface area contributed by atoms with Crippen LogP contribution in [-0.4, -0.2) is 8.42 Å². The third-order valence-corrected chi connectivity index (χ3v) is 3.85. The number of nitrogens with one attached hydrogen (secondary N) is 1. The van der Waals surface area contributed by atoms with E-state index in [9.17, 15) is 12.8 Å². The molecule has 2 aromatic rings. The zero-order valence-corrected chi connectivity index (χ0v) is 11.2. The summed E-state index contributed by atoms with van der Waals surface area (Å²) < 4.78 is 39.1. The second kappa shape index (κ2) is 5.40. The molecular weight excluding hydrogens is 265 g/mol. The molecule has 0 heterocycles. The molecule has 0 radical (unpaired) electrons. The van der Waals surface area contributed by atoms with Crippen molar-refractivity contribution in [2.24, 2.45) is 0 Å². The third kappa shape index (κ3) is 4.06. The van der Waals surface area contributed by atoms with Gasteiger partial charge >= 0.3 is 0 Å². The fraction of sp³-hybridized carbons (Fsp3) is 0.143. The number of halogens is 1. The highest BCUT2D eigenvalue weighted by molar-refractivity contribution is 7.91. The molecule has 2 aromatic carbocycles. The van der Waals surface area contributed by atoms with E-state index >= 15 is 0 Å². The molecule has 100 valence electrons. The maximum Gasteiger partial charge on any atom is 0.236 e. The highest BCUT2D eigenvalue weighted by Gasteiger charge is 2.11. The lowest BCUT2D eigenvalue weighted by Crippen LogP contribution is -2.15. The van der Waals surface area contributed by atoms with E-state index in [0.717, 1.165) is 5.56 Å². The van der Waals surface area contributed by atoms with Crippen LogP contribution in [0.15, 0.2) is 48.5 Å². The summed E-state index contributed by atoms with van der Waals surface area (Å²) in [5, 5.41) is 0. The summed E-state index contributed by atoms with van der Waals surface area (Å²) in [5.74, 6) is -0.561. The van der Waals surface area contributed by atoms with Gasteiger partial charge in [-0.25, -0.2) is 12.8 Å². The van der Waals surface area contributed by atoms with Crippen LogP contribution in [0.3, 0.4) is 0 Å². The van der Waals surface area contributed by atoms with Gasteiger partial charge in [-0.2, -0.15) is 0 Å². The lowest BCUT2D eigenvalue weighted by molar-refractivity contribution is 0.600. The van der Waals surface area contributed by atoms with Crippen LogP contribution in [0.4, 0.5) is 10.1 Å². The van der Waals surface area contributed by atoms with Gasteiger partial charge in [0.25, 0.3) is 0 Å². The fourth-order valence-electron chi connectivity index (χ4n) is 1.64. The Hall–Kier alpha value is -1.88. The molecule has 0 saturated heterocycles. The first-order valence-corrected chi connectivity index (χ1v) is 7.41. The van der Waals surface area contributed by atoms with Crippen LogP contribution >= 0.6 is 0 Å². The van der Waals surface area contributed by atoms with Gasteiger partial charge in [-0.3, -0.25) is 4.72 Å². The van der Waals surface area contributed by atoms with E-state index in [1.165, 1.54) is 24.3 Å². The van der Waals surface area contributed by atoms with Crippen molar-refractivity contribution in [3.05, 3.63) is 65.5 Å². The maximum atomic E-state index is 12.7. The van der Waals surface area contributed by atoms with Crippen LogP contribution in [0.1, 0.15) is 11.1 Å². The van der Waals surface area contributed by atoms with Gasteiger partial charge in [0.05, 0.1) is 5.75 Å². The molecule has 0 fully saturated rings. The average Bonchev–Trinajstić information content (AvgIpc) is 2.34. The molecule has 0 aromatic heterocycles. The molecule has 3 nitrogen and oxygen atoms in total. The van der Waals surface area contributed by atoms with Gasteiger partial charge < -0.3 is 0 Å². The Kier molecular flexibility index (Phi) is 3.85. The van der Waals surface area contributed by atoms with Gasteiger partial charge in [0, 0.05) is 5.69 Å². The third-order valence-electron chi connectivity index (χ3n) is 2.59. The monoisotopic (exact) mass is 279 g/mol. The van der Waals surface area contributed by atoms with E-state index < -0.39 is 10.0 Å². The molecule has 5 heteroatoms. The van der Waals surface area contributed by atoms with Crippen LogP contribution in [0.25, 0.3) is 0 Å². The highest BCUT2D eigenvalue weighted by Crippen LogP contribution is 2.14. The van der Waals surface area contributed by atoms with Crippen molar-refractivity contribution in [1.82, 2.24) is 0 Å². The standard InChI is InChI=1S/C14H14FNO2S/c1-11-2-8-14(9-3-11)16-19(17,18)10-12-4-6-13(15)7-5-12/h2-9,16H,10H2,1H3. The summed E-state index contributed by atoms with van der Waals surface area (Å²) in [6, 6.07) is 12.5. The first-order chi connectivity index (χ1) is 8.94. The van der Waals surface area contributed by atoms with E-state index in [-0.39, 0.29) is 11.6 Å². The Morgan fingerprint density at radius 3 is 2.16 bits per heavy atom. The molecule has 0 bridgehead atoms. The molecule has 0 atom stereocenters. The Morgan fingerprint density at radius 2 is 1.58 bits per heavy atom. The largest absolute Gasteiger partial charge is 0.283 e. The molecule has 0 aliphatic rings.